The van der Waals surface area contributed by atoms with Gasteiger partial charge in [0.1, 0.15) is 0 Å². The van der Waals surface area contributed by atoms with E-state index in [1.165, 1.54) is 0 Å². The molecule has 0 aromatic rings. The Bertz CT molecular complexity index is 11.6. The fourth-order valence-electron chi connectivity index (χ4n) is 0. The average Bonchev–Trinajstić information content (AvgIpc) is 0. The molecule has 2 radical (unpaired) electrons. The van der Waals surface area contributed by atoms with Crippen molar-refractivity contribution in [1.82, 2.24) is 0 Å². The van der Waals surface area contributed by atoms with Crippen LogP contribution in [0.4, 0.5) is 0 Å². The molecular formula is CrMnMoVW. The molecule has 0 bridgehead atoms. The molecule has 0 amide bonds. The Morgan fingerprint density at radius 1 is 1.00 bits per heavy atom. The van der Waals surface area contributed by atoms with Gasteiger partial charge in [0.15, 0.2) is 0 Å². The van der Waals surface area contributed by atoms with E-state index in [1.54, 1.807) is 0 Å². The summed E-state index contributed by atoms with van der Waals surface area (Å²) < 4.78 is 0. The predicted octanol–water partition coefficient (Wildman–Crippen LogP) is -0.0125. The normalized spacial score (nSPS) is 0. The van der Waals surface area contributed by atoms with Crippen LogP contribution in [0.15, 0.2) is 0 Å². The number of hydrogen-bond donors (Lipinski definition) is 0. The van der Waals surface area contributed by atoms with Crippen molar-refractivity contribution in [3.05, 3.63) is 0 Å². The summed E-state index contributed by atoms with van der Waals surface area (Å²) in [6.45, 7) is 0. The third-order valence-corrected chi connectivity index (χ3v) is 0. The van der Waals surface area contributed by atoms with Gasteiger partial charge in [0.05, 0.1) is 0 Å². The van der Waals surface area contributed by atoms with Crippen molar-refractivity contribution in [2.45, 2.75) is 0 Å². The van der Waals surface area contributed by atoms with E-state index in [9.17, 15) is 0 Å². The third kappa shape index (κ3) is 19.4. The van der Waals surface area contributed by atoms with Gasteiger partial charge in [-0.3, -0.25) is 0 Å². The predicted molar refractivity (Wildman–Crippen MR) is 0 cm³/mol. The summed E-state index contributed by atoms with van der Waals surface area (Å²) in [7, 11) is 0. The number of hydrogen-bond acceptors (Lipinski definition) is 0. The van der Waals surface area contributed by atoms with Crippen molar-refractivity contribution >= 4 is 0 Å². The Morgan fingerprint density at radius 3 is 1.00 bits per heavy atom. The molecule has 0 N–H and O–H groups in total. The Hall–Kier alpha value is 3.01. The molecule has 5 heavy (non-hydrogen) atoms. The van der Waals surface area contributed by atoms with Crippen molar-refractivity contribution in [2.24, 2.45) is 0 Å². The zero-order valence-corrected chi connectivity index (χ0v) is 10.8. The smallest absolute Gasteiger partial charge is 0 e. The molecule has 0 heterocycles. The van der Waals surface area contributed by atoms with Gasteiger partial charge in [0.25, 0.3) is 0 Å². The molecule has 0 atom stereocenters. The molecular weight excluding hydrogens is 438 g/mol. The van der Waals surface area contributed by atoms with E-state index >= 15 is 0 Å². The Balaban J connectivity index is 0. The standard InChI is InChI=1S/Cr.Mn.Mo.V.W. The minimum Gasteiger partial charge on any atom is 0 e. The molecule has 0 aliphatic rings. The van der Waals surface area contributed by atoms with E-state index in [-0.39, 0.29) is 95.1 Å². The average molecular weight is 438 g/mol. The van der Waals surface area contributed by atoms with Gasteiger partial charge in [-0.1, -0.05) is 0 Å². The van der Waals surface area contributed by atoms with E-state index < -0.39 is 0 Å². The van der Waals surface area contributed by atoms with Gasteiger partial charge in [0, 0.05) is 95.1 Å². The van der Waals surface area contributed by atoms with Crippen LogP contribution in [0.1, 0.15) is 0 Å². The topological polar surface area (TPSA) is 0 Å². The third-order valence-electron chi connectivity index (χ3n) is 0. The summed E-state index contributed by atoms with van der Waals surface area (Å²) in [6, 6.07) is 0. The summed E-state index contributed by atoms with van der Waals surface area (Å²) in [5.74, 6) is 0. The SMILES string of the molecule is [Cr].[Mn].[Mo].[V].[W]. The molecule has 30 valence electrons. The Kier molecular flexibility index (Phi) is 243. The molecule has 0 aromatic carbocycles. The molecule has 0 rings (SSSR count). The van der Waals surface area contributed by atoms with Crippen molar-refractivity contribution < 1.29 is 95.1 Å². The Morgan fingerprint density at radius 2 is 1.00 bits per heavy atom. The summed E-state index contributed by atoms with van der Waals surface area (Å²) in [6.07, 6.45) is 0. The molecule has 0 unspecified atom stereocenters. The zero-order chi connectivity index (χ0) is 0. The molecule has 0 spiro atoms. The summed E-state index contributed by atoms with van der Waals surface area (Å²) in [5, 5.41) is 0. The first-order valence-corrected chi connectivity index (χ1v) is 0. The molecule has 0 aromatic heterocycles. The van der Waals surface area contributed by atoms with Crippen LogP contribution in [0.2, 0.25) is 0 Å². The van der Waals surface area contributed by atoms with Gasteiger partial charge in [-0.15, -0.1) is 0 Å². The van der Waals surface area contributed by atoms with Gasteiger partial charge in [-0.25, -0.2) is 0 Å². The second-order valence-electron chi connectivity index (χ2n) is 0. The van der Waals surface area contributed by atoms with Crippen LogP contribution in [0.25, 0.3) is 0 Å². The monoisotopic (exact) mass is 440 g/mol. The quantitative estimate of drug-likeness (QED) is 0.468. The van der Waals surface area contributed by atoms with Crippen molar-refractivity contribution in [3.63, 3.8) is 0 Å². The fraction of sp³-hybridized carbons (Fsp3) is 0. The van der Waals surface area contributed by atoms with E-state index in [0.717, 1.165) is 0 Å². The second-order valence-corrected chi connectivity index (χ2v) is 0. The van der Waals surface area contributed by atoms with E-state index in [2.05, 4.69) is 0 Å². The van der Waals surface area contributed by atoms with Crippen LogP contribution in [0, 0.1) is 0 Å². The maximum atomic E-state index is 0. The van der Waals surface area contributed by atoms with Crippen LogP contribution < -0.4 is 0 Å². The van der Waals surface area contributed by atoms with Crippen molar-refractivity contribution in [2.75, 3.05) is 0 Å². The minimum atomic E-state index is 0. The zero-order valence-electron chi connectivity index (χ0n) is 2.05. The first-order chi connectivity index (χ1) is 0. The van der Waals surface area contributed by atoms with Crippen molar-refractivity contribution in [1.29, 1.82) is 0 Å². The van der Waals surface area contributed by atoms with E-state index in [1.807, 2.05) is 0 Å². The summed E-state index contributed by atoms with van der Waals surface area (Å²) >= 11 is 0. The maximum Gasteiger partial charge on any atom is 0 e. The molecule has 0 saturated heterocycles. The van der Waals surface area contributed by atoms with Crippen LogP contribution in [0.5, 0.6) is 0 Å². The van der Waals surface area contributed by atoms with Crippen LogP contribution in [-0.2, 0) is 95.1 Å². The van der Waals surface area contributed by atoms with Crippen LogP contribution in [-0.4, -0.2) is 0 Å². The van der Waals surface area contributed by atoms with Crippen molar-refractivity contribution in [3.8, 4) is 0 Å². The van der Waals surface area contributed by atoms with Crippen LogP contribution >= 0.6 is 0 Å². The van der Waals surface area contributed by atoms with E-state index in [0.29, 0.717) is 0 Å². The summed E-state index contributed by atoms with van der Waals surface area (Å²) in [4.78, 5) is 0. The minimum absolute atomic E-state index is 0. The molecule has 5 heteroatoms. The molecule has 0 aliphatic carbocycles. The summed E-state index contributed by atoms with van der Waals surface area (Å²) in [5.41, 5.74) is 0. The molecule has 0 saturated carbocycles. The molecule has 0 aliphatic heterocycles. The largest absolute Gasteiger partial charge is 0 e. The van der Waals surface area contributed by atoms with Gasteiger partial charge in [0.2, 0.25) is 0 Å². The second kappa shape index (κ2) is 27.9. The Labute approximate surface area is 93.6 Å². The molecule has 0 fully saturated rings. The van der Waals surface area contributed by atoms with Gasteiger partial charge in [-0.05, 0) is 0 Å². The van der Waals surface area contributed by atoms with Crippen LogP contribution in [0.3, 0.4) is 0 Å². The number of rotatable bonds is 0. The maximum absolute atomic E-state index is 0. The first kappa shape index (κ1) is 43.4. The van der Waals surface area contributed by atoms with E-state index in [4.69, 9.17) is 0 Å². The molecule has 0 nitrogen and oxygen atoms in total. The fourth-order valence-corrected chi connectivity index (χ4v) is 0. The van der Waals surface area contributed by atoms with Gasteiger partial charge < -0.3 is 0 Å². The van der Waals surface area contributed by atoms with Gasteiger partial charge >= 0.3 is 0 Å². The first-order valence-electron chi connectivity index (χ1n) is 0. The van der Waals surface area contributed by atoms with Gasteiger partial charge in [-0.2, -0.15) is 0 Å².